The second kappa shape index (κ2) is 8.85. The molecule has 0 aliphatic carbocycles. The molecular weight excluding hydrogens is 382 g/mol. The number of amides is 2. The number of hydrogen-bond donors (Lipinski definition) is 2. The highest BCUT2D eigenvalue weighted by molar-refractivity contribution is 7.89. The van der Waals surface area contributed by atoms with Gasteiger partial charge in [-0.15, -0.1) is 0 Å². The molecule has 0 bridgehead atoms. The van der Waals surface area contributed by atoms with Crippen molar-refractivity contribution in [2.24, 2.45) is 0 Å². The number of ether oxygens (including phenoxy) is 1. The number of anilines is 2. The Morgan fingerprint density at radius 1 is 1.07 bits per heavy atom. The van der Waals surface area contributed by atoms with Crippen LogP contribution in [0.1, 0.15) is 12.5 Å². The van der Waals surface area contributed by atoms with Crippen molar-refractivity contribution in [3.8, 4) is 5.75 Å². The van der Waals surface area contributed by atoms with E-state index in [0.29, 0.717) is 11.4 Å². The van der Waals surface area contributed by atoms with Crippen molar-refractivity contribution in [1.29, 1.82) is 0 Å². The van der Waals surface area contributed by atoms with Gasteiger partial charge in [0.2, 0.25) is 21.8 Å². The van der Waals surface area contributed by atoms with Crippen LogP contribution in [0.2, 0.25) is 0 Å². The highest BCUT2D eigenvalue weighted by Gasteiger charge is 2.26. The number of nitrogens with zero attached hydrogens (tertiary/aromatic N) is 1. The first-order valence-corrected chi connectivity index (χ1v) is 9.86. The predicted molar refractivity (Wildman–Crippen MR) is 107 cm³/mol. The van der Waals surface area contributed by atoms with Gasteiger partial charge in [-0.1, -0.05) is 12.1 Å². The first-order valence-electron chi connectivity index (χ1n) is 8.42. The van der Waals surface area contributed by atoms with Gasteiger partial charge >= 0.3 is 0 Å². The summed E-state index contributed by atoms with van der Waals surface area (Å²) in [5.74, 6) is -0.542. The van der Waals surface area contributed by atoms with Crippen LogP contribution in [0.5, 0.6) is 5.75 Å². The minimum Gasteiger partial charge on any atom is -0.495 e. The van der Waals surface area contributed by atoms with E-state index in [-0.39, 0.29) is 23.1 Å². The van der Waals surface area contributed by atoms with E-state index >= 15 is 0 Å². The molecule has 8 nitrogen and oxygen atoms in total. The number of rotatable bonds is 7. The van der Waals surface area contributed by atoms with Gasteiger partial charge < -0.3 is 15.4 Å². The molecule has 2 aromatic rings. The van der Waals surface area contributed by atoms with Crippen LogP contribution in [0, 0.1) is 6.92 Å². The molecule has 0 aromatic heterocycles. The zero-order valence-electron chi connectivity index (χ0n) is 16.1. The zero-order valence-corrected chi connectivity index (χ0v) is 17.0. The molecule has 150 valence electrons. The van der Waals surface area contributed by atoms with Crippen LogP contribution < -0.4 is 15.4 Å². The Balaban J connectivity index is 2.14. The highest BCUT2D eigenvalue weighted by atomic mass is 32.2. The standard InChI is InChI=1S/C19H23N3O5S/c1-13-8-9-17(27-4)18(10-13)28(25,26)22(3)12-19(24)21-16-7-5-6-15(11-16)20-14(2)23/h5-11H,12H2,1-4H3,(H,20,23)(H,21,24). The van der Waals surface area contributed by atoms with E-state index in [1.54, 1.807) is 43.3 Å². The number of sulfonamides is 1. The fourth-order valence-corrected chi connectivity index (χ4v) is 3.88. The van der Waals surface area contributed by atoms with E-state index in [0.717, 1.165) is 9.87 Å². The van der Waals surface area contributed by atoms with E-state index < -0.39 is 15.9 Å². The molecule has 0 atom stereocenters. The second-order valence-electron chi connectivity index (χ2n) is 6.23. The van der Waals surface area contributed by atoms with Crippen molar-refractivity contribution in [3.05, 3.63) is 48.0 Å². The van der Waals surface area contributed by atoms with Crippen LogP contribution in [0.15, 0.2) is 47.4 Å². The van der Waals surface area contributed by atoms with Crippen LogP contribution in [0.3, 0.4) is 0 Å². The molecule has 0 aliphatic rings. The largest absolute Gasteiger partial charge is 0.495 e. The number of benzene rings is 2. The lowest BCUT2D eigenvalue weighted by Gasteiger charge is -2.19. The molecule has 0 spiro atoms. The van der Waals surface area contributed by atoms with Crippen molar-refractivity contribution in [1.82, 2.24) is 4.31 Å². The van der Waals surface area contributed by atoms with E-state index in [1.165, 1.54) is 27.1 Å². The number of carbonyl (C=O) groups is 2. The Bertz CT molecular complexity index is 989. The Hall–Kier alpha value is -2.91. The lowest BCUT2D eigenvalue weighted by molar-refractivity contribution is -0.116. The number of methoxy groups -OCH3 is 1. The van der Waals surface area contributed by atoms with Crippen molar-refractivity contribution in [2.75, 3.05) is 31.3 Å². The summed E-state index contributed by atoms with van der Waals surface area (Å²) in [4.78, 5) is 23.4. The summed E-state index contributed by atoms with van der Waals surface area (Å²) < 4.78 is 31.8. The summed E-state index contributed by atoms with van der Waals surface area (Å²) in [5, 5.41) is 5.23. The molecule has 28 heavy (non-hydrogen) atoms. The quantitative estimate of drug-likeness (QED) is 0.735. The second-order valence-corrected chi connectivity index (χ2v) is 8.24. The minimum atomic E-state index is -3.93. The van der Waals surface area contributed by atoms with Gasteiger partial charge in [-0.05, 0) is 42.8 Å². The van der Waals surface area contributed by atoms with Gasteiger partial charge in [0.25, 0.3) is 0 Å². The molecule has 0 saturated heterocycles. The normalized spacial score (nSPS) is 11.2. The number of aryl methyl sites for hydroxylation is 1. The van der Waals surface area contributed by atoms with Crippen molar-refractivity contribution in [2.45, 2.75) is 18.7 Å². The van der Waals surface area contributed by atoms with E-state index in [4.69, 9.17) is 4.74 Å². The van der Waals surface area contributed by atoms with Gasteiger partial charge in [-0.3, -0.25) is 9.59 Å². The van der Waals surface area contributed by atoms with Crippen LogP contribution in [-0.4, -0.2) is 45.2 Å². The van der Waals surface area contributed by atoms with Gasteiger partial charge in [0.05, 0.1) is 13.7 Å². The molecule has 9 heteroatoms. The summed E-state index contributed by atoms with van der Waals surface area (Å²) in [6, 6.07) is 11.4. The van der Waals surface area contributed by atoms with Crippen LogP contribution in [0.4, 0.5) is 11.4 Å². The average Bonchev–Trinajstić information content (AvgIpc) is 2.61. The smallest absolute Gasteiger partial charge is 0.246 e. The first kappa shape index (κ1) is 21.4. The van der Waals surface area contributed by atoms with Crippen molar-refractivity contribution in [3.63, 3.8) is 0 Å². The van der Waals surface area contributed by atoms with Crippen molar-refractivity contribution >= 4 is 33.2 Å². The molecule has 0 radical (unpaired) electrons. The molecule has 0 aliphatic heterocycles. The molecule has 0 heterocycles. The molecule has 0 fully saturated rings. The van der Waals surface area contributed by atoms with Gasteiger partial charge in [0.1, 0.15) is 10.6 Å². The lowest BCUT2D eigenvalue weighted by atomic mass is 10.2. The van der Waals surface area contributed by atoms with Gasteiger partial charge in [-0.25, -0.2) is 8.42 Å². The average molecular weight is 405 g/mol. The van der Waals surface area contributed by atoms with Crippen molar-refractivity contribution < 1.29 is 22.7 Å². The zero-order chi connectivity index (χ0) is 20.9. The maximum atomic E-state index is 12.8. The fourth-order valence-electron chi connectivity index (χ4n) is 2.52. The number of nitrogens with one attached hydrogen (secondary N) is 2. The summed E-state index contributed by atoms with van der Waals surface area (Å²) in [6.45, 7) is 2.77. The third-order valence-corrected chi connectivity index (χ3v) is 5.66. The number of likely N-dealkylation sites (N-methyl/N-ethyl adjacent to an activating group) is 1. The molecule has 2 aromatic carbocycles. The SMILES string of the molecule is COc1ccc(C)cc1S(=O)(=O)N(C)CC(=O)Nc1cccc(NC(C)=O)c1. The fraction of sp³-hybridized carbons (Fsp3) is 0.263. The summed E-state index contributed by atoms with van der Waals surface area (Å²) in [5.41, 5.74) is 1.72. The van der Waals surface area contributed by atoms with E-state index in [1.807, 2.05) is 0 Å². The predicted octanol–water partition coefficient (Wildman–Crippen LogP) is 2.22. The lowest BCUT2D eigenvalue weighted by Crippen LogP contribution is -2.35. The number of carbonyl (C=O) groups excluding carboxylic acids is 2. The Labute approximate surface area is 164 Å². The first-order chi connectivity index (χ1) is 13.1. The van der Waals surface area contributed by atoms with E-state index in [9.17, 15) is 18.0 Å². The summed E-state index contributed by atoms with van der Waals surface area (Å²) in [6.07, 6.45) is 0. The molecule has 2 N–H and O–H groups in total. The molecule has 2 rings (SSSR count). The maximum absolute atomic E-state index is 12.8. The Morgan fingerprint density at radius 3 is 2.32 bits per heavy atom. The molecule has 0 unspecified atom stereocenters. The third-order valence-electron chi connectivity index (χ3n) is 3.84. The Morgan fingerprint density at radius 2 is 1.71 bits per heavy atom. The molecular formula is C19H23N3O5S. The third kappa shape index (κ3) is 5.30. The van der Waals surface area contributed by atoms with Gasteiger partial charge in [0, 0.05) is 25.3 Å². The molecule has 0 saturated carbocycles. The summed E-state index contributed by atoms with van der Waals surface area (Å²) in [7, 11) is -1.21. The van der Waals surface area contributed by atoms with Crippen LogP contribution in [0.25, 0.3) is 0 Å². The topological polar surface area (TPSA) is 105 Å². The van der Waals surface area contributed by atoms with Crippen LogP contribution in [-0.2, 0) is 19.6 Å². The van der Waals surface area contributed by atoms with E-state index in [2.05, 4.69) is 10.6 Å². The molecule has 2 amide bonds. The highest BCUT2D eigenvalue weighted by Crippen LogP contribution is 2.27. The van der Waals surface area contributed by atoms with Gasteiger partial charge in [0.15, 0.2) is 0 Å². The monoisotopic (exact) mass is 405 g/mol. The van der Waals surface area contributed by atoms with Gasteiger partial charge in [-0.2, -0.15) is 4.31 Å². The number of hydrogen-bond acceptors (Lipinski definition) is 5. The maximum Gasteiger partial charge on any atom is 0.246 e. The summed E-state index contributed by atoms with van der Waals surface area (Å²) >= 11 is 0. The Kier molecular flexibility index (Phi) is 6.76. The minimum absolute atomic E-state index is 0.00189. The van der Waals surface area contributed by atoms with Crippen LogP contribution >= 0.6 is 0 Å².